The second-order valence-electron chi connectivity index (χ2n) is 12.5. The molecule has 200 valence electrons. The standard InChI is InChI=1S/C31H40N6O/c1-3-36-20-26(22(2)32-36)19-34-9-11-35(12-10-34)30(38)28-21-37(27-7-5-4-6-8-27)33-29(28)31-16-23-13-24(17-31)15-25(14-23)18-31/h4-8,20-21,23-25H,3,9-19H2,1-2H3. The lowest BCUT2D eigenvalue weighted by Gasteiger charge is -2.56. The van der Waals surface area contributed by atoms with Crippen LogP contribution in [-0.4, -0.2) is 61.4 Å². The Morgan fingerprint density at radius 3 is 2.18 bits per heavy atom. The topological polar surface area (TPSA) is 59.2 Å². The van der Waals surface area contributed by atoms with E-state index < -0.39 is 0 Å². The summed E-state index contributed by atoms with van der Waals surface area (Å²) in [6, 6.07) is 10.3. The summed E-state index contributed by atoms with van der Waals surface area (Å²) in [5.41, 5.74) is 5.46. The van der Waals surface area contributed by atoms with Crippen molar-refractivity contribution in [1.29, 1.82) is 0 Å². The first-order chi connectivity index (χ1) is 18.5. The minimum absolute atomic E-state index is 0.0819. The molecule has 4 bridgehead atoms. The lowest BCUT2D eigenvalue weighted by molar-refractivity contribution is -0.00793. The Morgan fingerprint density at radius 2 is 1.58 bits per heavy atom. The Morgan fingerprint density at radius 1 is 0.921 bits per heavy atom. The molecular weight excluding hydrogens is 472 g/mol. The maximum absolute atomic E-state index is 14.2. The third-order valence-corrected chi connectivity index (χ3v) is 9.93. The summed E-state index contributed by atoms with van der Waals surface area (Å²) in [6.45, 7) is 9.32. The van der Waals surface area contributed by atoms with Crippen LogP contribution in [0, 0.1) is 24.7 Å². The zero-order chi connectivity index (χ0) is 25.9. The normalized spacial score (nSPS) is 28.8. The Kier molecular flexibility index (Phi) is 5.95. The maximum atomic E-state index is 14.2. The molecule has 3 heterocycles. The Labute approximate surface area is 225 Å². The van der Waals surface area contributed by atoms with Gasteiger partial charge in [0.05, 0.1) is 22.6 Å². The number of carbonyl (C=O) groups excluding carboxylic acids is 1. The summed E-state index contributed by atoms with van der Waals surface area (Å²) in [5, 5.41) is 9.83. The molecule has 5 aliphatic rings. The molecule has 1 amide bonds. The molecule has 5 fully saturated rings. The molecule has 2 aromatic heterocycles. The van der Waals surface area contributed by atoms with E-state index in [0.29, 0.717) is 0 Å². The van der Waals surface area contributed by atoms with Gasteiger partial charge in [0.2, 0.25) is 0 Å². The zero-order valence-electron chi connectivity index (χ0n) is 22.9. The molecule has 1 saturated heterocycles. The molecular formula is C31H40N6O. The number of nitrogens with zero attached hydrogens (tertiary/aromatic N) is 6. The van der Waals surface area contributed by atoms with E-state index >= 15 is 0 Å². The highest BCUT2D eigenvalue weighted by atomic mass is 16.2. The van der Waals surface area contributed by atoms with Gasteiger partial charge in [0, 0.05) is 62.6 Å². The number of aromatic nitrogens is 4. The average molecular weight is 513 g/mol. The maximum Gasteiger partial charge on any atom is 0.257 e. The molecule has 4 aliphatic carbocycles. The molecule has 0 spiro atoms. The third kappa shape index (κ3) is 4.19. The highest BCUT2D eigenvalue weighted by Crippen LogP contribution is 2.61. The van der Waals surface area contributed by atoms with Gasteiger partial charge in [-0.25, -0.2) is 4.68 Å². The van der Waals surface area contributed by atoms with E-state index in [9.17, 15) is 4.79 Å². The Hall–Kier alpha value is -2.93. The van der Waals surface area contributed by atoms with Crippen LogP contribution >= 0.6 is 0 Å². The first-order valence-corrected chi connectivity index (χ1v) is 14.7. The quantitative estimate of drug-likeness (QED) is 0.475. The number of aryl methyl sites for hydroxylation is 2. The summed E-state index contributed by atoms with van der Waals surface area (Å²) >= 11 is 0. The molecule has 8 rings (SSSR count). The summed E-state index contributed by atoms with van der Waals surface area (Å²) in [4.78, 5) is 18.7. The van der Waals surface area contributed by atoms with E-state index in [2.05, 4.69) is 47.1 Å². The van der Waals surface area contributed by atoms with Crippen molar-refractivity contribution in [2.75, 3.05) is 26.2 Å². The summed E-state index contributed by atoms with van der Waals surface area (Å²) in [7, 11) is 0. The van der Waals surface area contributed by atoms with E-state index in [1.807, 2.05) is 33.8 Å². The highest BCUT2D eigenvalue weighted by molar-refractivity contribution is 5.95. The van der Waals surface area contributed by atoms with Gasteiger partial charge in [-0.3, -0.25) is 14.4 Å². The van der Waals surface area contributed by atoms with Crippen molar-refractivity contribution in [2.45, 2.75) is 70.9 Å². The zero-order valence-corrected chi connectivity index (χ0v) is 22.9. The minimum atomic E-state index is 0.0819. The Balaban J connectivity index is 1.14. The predicted molar refractivity (Wildman–Crippen MR) is 147 cm³/mol. The summed E-state index contributed by atoms with van der Waals surface area (Å²) < 4.78 is 3.99. The van der Waals surface area contributed by atoms with Gasteiger partial charge in [-0.2, -0.15) is 10.2 Å². The van der Waals surface area contributed by atoms with E-state index in [4.69, 9.17) is 5.10 Å². The number of hydrogen-bond donors (Lipinski definition) is 0. The number of carbonyl (C=O) groups is 1. The SMILES string of the molecule is CCn1cc(CN2CCN(C(=O)c3cn(-c4ccccc4)nc3C34CC5CC(CC(C5)C3)C4)CC2)c(C)n1. The van der Waals surface area contributed by atoms with Crippen LogP contribution in [0.3, 0.4) is 0 Å². The number of para-hydroxylation sites is 1. The fraction of sp³-hybridized carbons (Fsp3) is 0.581. The summed E-state index contributed by atoms with van der Waals surface area (Å²) in [5.74, 6) is 2.62. The lowest BCUT2D eigenvalue weighted by atomic mass is 9.48. The van der Waals surface area contributed by atoms with Crippen LogP contribution in [0.25, 0.3) is 5.69 Å². The fourth-order valence-corrected chi connectivity index (χ4v) is 8.43. The van der Waals surface area contributed by atoms with Crippen molar-refractivity contribution >= 4 is 5.91 Å². The van der Waals surface area contributed by atoms with E-state index in [0.717, 1.165) is 79.7 Å². The van der Waals surface area contributed by atoms with Crippen molar-refractivity contribution in [2.24, 2.45) is 17.8 Å². The van der Waals surface area contributed by atoms with Crippen molar-refractivity contribution in [3.8, 4) is 5.69 Å². The first-order valence-electron chi connectivity index (χ1n) is 14.7. The molecule has 7 heteroatoms. The number of hydrogen-bond acceptors (Lipinski definition) is 4. The van der Waals surface area contributed by atoms with E-state index in [-0.39, 0.29) is 11.3 Å². The van der Waals surface area contributed by atoms with Crippen molar-refractivity contribution < 1.29 is 4.79 Å². The van der Waals surface area contributed by atoms with Gasteiger partial charge in [0.25, 0.3) is 5.91 Å². The molecule has 1 aliphatic heterocycles. The van der Waals surface area contributed by atoms with Crippen LogP contribution in [0.5, 0.6) is 0 Å². The predicted octanol–water partition coefficient (Wildman–Crippen LogP) is 4.82. The number of amides is 1. The van der Waals surface area contributed by atoms with Crippen LogP contribution in [0.15, 0.2) is 42.7 Å². The minimum Gasteiger partial charge on any atom is -0.336 e. The van der Waals surface area contributed by atoms with Crippen molar-refractivity contribution in [3.05, 3.63) is 65.2 Å². The molecule has 7 nitrogen and oxygen atoms in total. The van der Waals surface area contributed by atoms with Crippen LogP contribution in [0.1, 0.15) is 72.8 Å². The van der Waals surface area contributed by atoms with Gasteiger partial charge in [-0.1, -0.05) is 18.2 Å². The lowest BCUT2D eigenvalue weighted by Crippen LogP contribution is -2.51. The van der Waals surface area contributed by atoms with Gasteiger partial charge < -0.3 is 4.90 Å². The summed E-state index contributed by atoms with van der Waals surface area (Å²) in [6.07, 6.45) is 12.0. The number of rotatable bonds is 6. The number of benzene rings is 1. The van der Waals surface area contributed by atoms with Crippen LogP contribution in [0.4, 0.5) is 0 Å². The number of piperazine rings is 1. The monoisotopic (exact) mass is 512 g/mol. The molecule has 0 atom stereocenters. The molecule has 0 N–H and O–H groups in total. The molecule has 1 aromatic carbocycles. The second-order valence-corrected chi connectivity index (χ2v) is 12.5. The highest BCUT2D eigenvalue weighted by Gasteiger charge is 2.54. The van der Waals surface area contributed by atoms with Crippen molar-refractivity contribution in [1.82, 2.24) is 29.4 Å². The average Bonchev–Trinajstić information content (AvgIpc) is 3.53. The van der Waals surface area contributed by atoms with Crippen LogP contribution in [-0.2, 0) is 18.5 Å². The molecule has 3 aromatic rings. The largest absolute Gasteiger partial charge is 0.336 e. The molecule has 4 saturated carbocycles. The van der Waals surface area contributed by atoms with Gasteiger partial charge in [0.1, 0.15) is 0 Å². The molecule has 0 radical (unpaired) electrons. The van der Waals surface area contributed by atoms with Gasteiger partial charge in [-0.15, -0.1) is 0 Å². The smallest absolute Gasteiger partial charge is 0.257 e. The van der Waals surface area contributed by atoms with Gasteiger partial charge in [0.15, 0.2) is 0 Å². The van der Waals surface area contributed by atoms with Crippen LogP contribution < -0.4 is 0 Å². The van der Waals surface area contributed by atoms with Gasteiger partial charge >= 0.3 is 0 Å². The first kappa shape index (κ1) is 24.1. The van der Waals surface area contributed by atoms with E-state index in [1.54, 1.807) is 0 Å². The van der Waals surface area contributed by atoms with Gasteiger partial charge in [-0.05, 0) is 82.3 Å². The molecule has 38 heavy (non-hydrogen) atoms. The third-order valence-electron chi connectivity index (χ3n) is 9.93. The van der Waals surface area contributed by atoms with E-state index in [1.165, 1.54) is 44.1 Å². The Bertz CT molecular complexity index is 1280. The van der Waals surface area contributed by atoms with Crippen LogP contribution in [0.2, 0.25) is 0 Å². The fourth-order valence-electron chi connectivity index (χ4n) is 8.43. The molecule has 0 unspecified atom stereocenters. The second kappa shape index (κ2) is 9.37. The van der Waals surface area contributed by atoms with Crippen molar-refractivity contribution in [3.63, 3.8) is 0 Å².